The van der Waals surface area contributed by atoms with Crippen molar-refractivity contribution in [1.29, 1.82) is 0 Å². The highest BCUT2D eigenvalue weighted by molar-refractivity contribution is 5.85. The zero-order valence-electron chi connectivity index (χ0n) is 15.5. The Morgan fingerprint density at radius 3 is 2.86 bits per heavy atom. The molecule has 6 rings (SSSR count). The lowest BCUT2D eigenvalue weighted by molar-refractivity contribution is -0.0179. The first-order chi connectivity index (χ1) is 13.3. The summed E-state index contributed by atoms with van der Waals surface area (Å²) < 4.78 is 12.6. The number of benzene rings is 2. The van der Waals surface area contributed by atoms with Gasteiger partial charge in [-0.2, -0.15) is 0 Å². The highest BCUT2D eigenvalue weighted by Gasteiger charge is 2.63. The van der Waals surface area contributed by atoms with Crippen LogP contribution in [0.4, 0.5) is 0 Å². The summed E-state index contributed by atoms with van der Waals surface area (Å²) in [5.41, 5.74) is 3.65. The monoisotopic (exact) mass is 397 g/mol. The summed E-state index contributed by atoms with van der Waals surface area (Å²) in [4.78, 5) is 0. The van der Waals surface area contributed by atoms with Crippen LogP contribution in [0.1, 0.15) is 23.1 Å². The van der Waals surface area contributed by atoms with E-state index in [0.717, 1.165) is 36.4 Å². The van der Waals surface area contributed by atoms with Gasteiger partial charge in [-0.1, -0.05) is 48.6 Å². The van der Waals surface area contributed by atoms with Gasteiger partial charge in [0, 0.05) is 22.9 Å². The van der Waals surface area contributed by atoms with Crippen LogP contribution in [0.25, 0.3) is 0 Å². The molecule has 28 heavy (non-hydrogen) atoms. The van der Waals surface area contributed by atoms with E-state index in [1.165, 1.54) is 11.1 Å². The average molecular weight is 398 g/mol. The summed E-state index contributed by atoms with van der Waals surface area (Å²) in [6.07, 6.45) is 5.35. The summed E-state index contributed by atoms with van der Waals surface area (Å²) in [6.45, 7) is 1.48. The van der Waals surface area contributed by atoms with E-state index in [1.807, 2.05) is 30.3 Å². The molecule has 2 aliphatic heterocycles. The zero-order valence-corrected chi connectivity index (χ0v) is 16.3. The predicted octanol–water partition coefficient (Wildman–Crippen LogP) is 3.15. The van der Waals surface area contributed by atoms with E-state index in [9.17, 15) is 5.11 Å². The molecule has 2 aromatic rings. The van der Waals surface area contributed by atoms with E-state index in [4.69, 9.17) is 9.47 Å². The van der Waals surface area contributed by atoms with Gasteiger partial charge in [0.05, 0.1) is 0 Å². The summed E-state index contributed by atoms with van der Waals surface area (Å²) in [6, 6.07) is 14.9. The third-order valence-electron chi connectivity index (χ3n) is 6.90. The molecule has 4 nitrogen and oxygen atoms in total. The number of aliphatic hydroxyl groups is 1. The summed E-state index contributed by atoms with van der Waals surface area (Å²) in [5, 5.41) is 14.4. The minimum Gasteiger partial charge on any atom is -0.485 e. The third-order valence-corrected chi connectivity index (χ3v) is 6.90. The molecule has 146 valence electrons. The lowest BCUT2D eigenvalue weighted by Crippen LogP contribution is -2.64. The van der Waals surface area contributed by atoms with Crippen LogP contribution < -0.4 is 14.8 Å². The Bertz CT molecular complexity index is 931. The summed E-state index contributed by atoms with van der Waals surface area (Å²) in [5.74, 6) is 2.03. The van der Waals surface area contributed by atoms with Crippen LogP contribution in [0.5, 0.6) is 11.5 Å². The standard InChI is InChI=1S/C23H23NO3.ClH/c25-18-8-7-16-17-12-15-6-9-19(26-13-14-4-2-1-3-5-14)21-20(15)23(16,10-11-24-17)22(18)27-21;/h1-9,16-18,22,24-25H,10-13H2;1H/t16-,17+,18-,22-,23-;/m0./s1. The second kappa shape index (κ2) is 6.51. The van der Waals surface area contributed by atoms with Crippen LogP contribution in [-0.2, 0) is 18.4 Å². The molecule has 1 spiro atoms. The van der Waals surface area contributed by atoms with Crippen molar-refractivity contribution in [1.82, 2.24) is 5.32 Å². The molecule has 5 atom stereocenters. The molecule has 0 aromatic heterocycles. The topological polar surface area (TPSA) is 50.7 Å². The number of rotatable bonds is 3. The highest BCUT2D eigenvalue weighted by atomic mass is 35.5. The van der Waals surface area contributed by atoms with Crippen molar-refractivity contribution in [3.63, 3.8) is 0 Å². The molecule has 1 fully saturated rings. The van der Waals surface area contributed by atoms with Gasteiger partial charge >= 0.3 is 0 Å². The maximum atomic E-state index is 10.7. The van der Waals surface area contributed by atoms with Crippen LogP contribution in [0.15, 0.2) is 54.6 Å². The second-order valence-electron chi connectivity index (χ2n) is 8.20. The molecule has 0 saturated carbocycles. The maximum absolute atomic E-state index is 10.7. The van der Waals surface area contributed by atoms with Crippen molar-refractivity contribution in [2.24, 2.45) is 5.92 Å². The predicted molar refractivity (Wildman–Crippen MR) is 109 cm³/mol. The molecule has 0 radical (unpaired) electrons. The second-order valence-corrected chi connectivity index (χ2v) is 8.20. The zero-order chi connectivity index (χ0) is 18.0. The van der Waals surface area contributed by atoms with Gasteiger partial charge in [-0.3, -0.25) is 0 Å². The molecule has 2 N–H and O–H groups in total. The van der Waals surface area contributed by atoms with Gasteiger partial charge in [-0.15, -0.1) is 12.4 Å². The fraction of sp³-hybridized carbons (Fsp3) is 0.391. The van der Waals surface area contributed by atoms with E-state index in [2.05, 4.69) is 29.6 Å². The molecule has 0 amide bonds. The Balaban J connectivity index is 0.00000171. The van der Waals surface area contributed by atoms with Crippen molar-refractivity contribution in [2.75, 3.05) is 6.54 Å². The van der Waals surface area contributed by atoms with Crippen LogP contribution in [0.2, 0.25) is 0 Å². The van der Waals surface area contributed by atoms with Gasteiger partial charge in [0.1, 0.15) is 18.8 Å². The van der Waals surface area contributed by atoms with Crippen molar-refractivity contribution < 1.29 is 14.6 Å². The number of hydrogen-bond acceptors (Lipinski definition) is 4. The number of piperidine rings is 1. The molecular formula is C23H24ClNO3. The summed E-state index contributed by atoms with van der Waals surface area (Å²) in [7, 11) is 0. The molecular weight excluding hydrogens is 374 g/mol. The first-order valence-electron chi connectivity index (χ1n) is 9.87. The van der Waals surface area contributed by atoms with Gasteiger partial charge in [-0.25, -0.2) is 0 Å². The molecule has 4 aliphatic rings. The molecule has 2 heterocycles. The molecule has 1 saturated heterocycles. The quantitative estimate of drug-likeness (QED) is 0.781. The van der Waals surface area contributed by atoms with E-state index in [1.54, 1.807) is 0 Å². The van der Waals surface area contributed by atoms with Crippen molar-refractivity contribution in [2.45, 2.75) is 43.1 Å². The molecule has 0 unspecified atom stereocenters. The highest BCUT2D eigenvalue weighted by Crippen LogP contribution is 2.61. The summed E-state index contributed by atoms with van der Waals surface area (Å²) >= 11 is 0. The fourth-order valence-electron chi connectivity index (χ4n) is 5.82. The van der Waals surface area contributed by atoms with Crippen LogP contribution in [0.3, 0.4) is 0 Å². The van der Waals surface area contributed by atoms with E-state index < -0.39 is 6.10 Å². The number of ether oxygens (including phenoxy) is 2. The minimum atomic E-state index is -0.569. The average Bonchev–Trinajstić information content (AvgIpc) is 3.04. The van der Waals surface area contributed by atoms with E-state index in [0.29, 0.717) is 18.6 Å². The van der Waals surface area contributed by atoms with Gasteiger partial charge in [0.25, 0.3) is 0 Å². The third kappa shape index (κ3) is 2.32. The van der Waals surface area contributed by atoms with Gasteiger partial charge in [0.2, 0.25) is 0 Å². The smallest absolute Gasteiger partial charge is 0.166 e. The van der Waals surface area contributed by atoms with E-state index in [-0.39, 0.29) is 23.9 Å². The van der Waals surface area contributed by atoms with Crippen LogP contribution in [-0.4, -0.2) is 29.9 Å². The van der Waals surface area contributed by atoms with Crippen molar-refractivity contribution >= 4 is 12.4 Å². The Morgan fingerprint density at radius 2 is 2.00 bits per heavy atom. The van der Waals surface area contributed by atoms with Gasteiger partial charge in [0.15, 0.2) is 11.5 Å². The number of hydrogen-bond donors (Lipinski definition) is 2. The van der Waals surface area contributed by atoms with Gasteiger partial charge < -0.3 is 19.9 Å². The largest absolute Gasteiger partial charge is 0.485 e. The van der Waals surface area contributed by atoms with Crippen molar-refractivity contribution in [3.8, 4) is 11.5 Å². The Morgan fingerprint density at radius 1 is 1.14 bits per heavy atom. The Hall–Kier alpha value is -2.01. The number of nitrogens with one attached hydrogen (secondary N) is 1. The first-order valence-corrected chi connectivity index (χ1v) is 9.87. The van der Waals surface area contributed by atoms with E-state index >= 15 is 0 Å². The van der Waals surface area contributed by atoms with Gasteiger partial charge in [-0.05, 0) is 36.6 Å². The minimum absolute atomic E-state index is 0. The normalized spacial score (nSPS) is 33.5. The number of halogens is 1. The molecule has 2 aliphatic carbocycles. The number of aliphatic hydroxyl groups excluding tert-OH is 1. The van der Waals surface area contributed by atoms with Crippen molar-refractivity contribution in [3.05, 3.63) is 71.3 Å². The molecule has 2 aromatic carbocycles. The molecule has 5 heteroatoms. The Kier molecular flexibility index (Phi) is 4.20. The Labute approximate surface area is 171 Å². The first kappa shape index (κ1) is 18.0. The lowest BCUT2D eigenvalue weighted by Gasteiger charge is -2.53. The maximum Gasteiger partial charge on any atom is 0.166 e. The van der Waals surface area contributed by atoms with Crippen LogP contribution in [0, 0.1) is 5.92 Å². The van der Waals surface area contributed by atoms with Crippen LogP contribution >= 0.6 is 12.4 Å². The SMILES string of the molecule is Cl.O[C@H]1C=C[C@H]2[C@H]3Cc4ccc(OCc5ccccc5)c5c4[C@@]2(CCN3)[C@H]1O5. The lowest BCUT2D eigenvalue weighted by atomic mass is 9.54. The molecule has 2 bridgehead atoms. The fourth-order valence-corrected chi connectivity index (χ4v) is 5.82.